The van der Waals surface area contributed by atoms with Gasteiger partial charge >= 0.3 is 5.97 Å². The Morgan fingerprint density at radius 3 is 2.64 bits per heavy atom. The Bertz CT molecular complexity index is 874. The van der Waals surface area contributed by atoms with Crippen molar-refractivity contribution in [2.75, 3.05) is 11.9 Å². The average Bonchev–Trinajstić information content (AvgIpc) is 3.14. The van der Waals surface area contributed by atoms with Crippen molar-refractivity contribution in [2.45, 2.75) is 6.92 Å². The summed E-state index contributed by atoms with van der Waals surface area (Å²) in [5.74, 6) is 0.116. The lowest BCUT2D eigenvalue weighted by Gasteiger charge is -2.07. The number of amides is 1. The molecule has 1 amide bonds. The summed E-state index contributed by atoms with van der Waals surface area (Å²) in [5.41, 5.74) is 1.99. The van der Waals surface area contributed by atoms with Crippen molar-refractivity contribution >= 4 is 17.7 Å². The van der Waals surface area contributed by atoms with E-state index in [1.807, 2.05) is 13.0 Å². The fourth-order valence-electron chi connectivity index (χ4n) is 2.19. The van der Waals surface area contributed by atoms with Crippen LogP contribution < -0.4 is 5.32 Å². The lowest BCUT2D eigenvalue weighted by atomic mass is 10.1. The molecule has 0 saturated carbocycles. The maximum Gasteiger partial charge on any atom is 0.338 e. The highest BCUT2D eigenvalue weighted by Gasteiger charge is 2.11. The second kappa shape index (κ2) is 7.39. The van der Waals surface area contributed by atoms with Crippen molar-refractivity contribution in [3.8, 4) is 11.4 Å². The molecule has 0 aliphatic carbocycles. The van der Waals surface area contributed by atoms with Crippen LogP contribution in [0.4, 0.5) is 5.82 Å². The molecule has 2 heterocycles. The summed E-state index contributed by atoms with van der Waals surface area (Å²) in [4.78, 5) is 35.1. The van der Waals surface area contributed by atoms with E-state index in [9.17, 15) is 9.59 Å². The molecule has 0 saturated heterocycles. The van der Waals surface area contributed by atoms with Crippen molar-refractivity contribution < 1.29 is 14.3 Å². The zero-order valence-electron chi connectivity index (χ0n) is 13.5. The van der Waals surface area contributed by atoms with E-state index in [4.69, 9.17) is 4.74 Å². The summed E-state index contributed by atoms with van der Waals surface area (Å²) in [6.45, 7) is 1.44. The van der Waals surface area contributed by atoms with Crippen molar-refractivity contribution in [3.63, 3.8) is 0 Å². The van der Waals surface area contributed by atoms with Crippen LogP contribution in [-0.2, 0) is 9.53 Å². The molecule has 0 atom stereocenters. The number of nitrogens with one attached hydrogen (secondary N) is 2. The Balaban J connectivity index is 1.54. The first-order chi connectivity index (χ1) is 12.1. The Hall–Kier alpha value is -3.48. The van der Waals surface area contributed by atoms with Gasteiger partial charge in [0.1, 0.15) is 11.6 Å². The molecular weight excluding hydrogens is 320 g/mol. The Morgan fingerprint density at radius 2 is 1.96 bits per heavy atom. The minimum absolute atomic E-state index is 0.358. The highest BCUT2D eigenvalue weighted by Crippen LogP contribution is 2.15. The van der Waals surface area contributed by atoms with Gasteiger partial charge in [0.2, 0.25) is 0 Å². The van der Waals surface area contributed by atoms with E-state index in [2.05, 4.69) is 20.3 Å². The number of pyridine rings is 1. The largest absolute Gasteiger partial charge is 0.452 e. The summed E-state index contributed by atoms with van der Waals surface area (Å²) in [6, 6.07) is 12.0. The number of aromatic nitrogens is 3. The minimum atomic E-state index is -0.571. The second-order valence-electron chi connectivity index (χ2n) is 5.30. The van der Waals surface area contributed by atoms with E-state index < -0.39 is 11.9 Å². The van der Waals surface area contributed by atoms with Crippen LogP contribution in [0.1, 0.15) is 16.1 Å². The molecule has 1 aromatic carbocycles. The number of aryl methyl sites for hydroxylation is 1. The van der Waals surface area contributed by atoms with Crippen LogP contribution in [0.5, 0.6) is 0 Å². The number of carbonyl (C=O) groups excluding carboxylic acids is 2. The van der Waals surface area contributed by atoms with Crippen molar-refractivity contribution in [3.05, 3.63) is 66.1 Å². The number of nitrogens with zero attached hydrogens (tertiary/aromatic N) is 2. The van der Waals surface area contributed by atoms with Gasteiger partial charge in [-0.1, -0.05) is 18.2 Å². The van der Waals surface area contributed by atoms with Gasteiger partial charge in [-0.3, -0.25) is 4.79 Å². The van der Waals surface area contributed by atoms with Crippen molar-refractivity contribution in [1.82, 2.24) is 15.0 Å². The van der Waals surface area contributed by atoms with Gasteiger partial charge in [-0.15, -0.1) is 0 Å². The fraction of sp³-hybridized carbons (Fsp3) is 0.111. The van der Waals surface area contributed by atoms with Gasteiger partial charge < -0.3 is 15.0 Å². The molecule has 2 aromatic heterocycles. The predicted octanol–water partition coefficient (Wildman–Crippen LogP) is 2.58. The number of ether oxygens (including phenoxy) is 1. The van der Waals surface area contributed by atoms with Crippen molar-refractivity contribution in [2.24, 2.45) is 0 Å². The fourth-order valence-corrected chi connectivity index (χ4v) is 2.19. The number of aromatic amines is 1. The number of hydrogen-bond donors (Lipinski definition) is 2. The molecule has 7 heteroatoms. The third-order valence-electron chi connectivity index (χ3n) is 3.38. The summed E-state index contributed by atoms with van der Waals surface area (Å²) >= 11 is 0. The van der Waals surface area contributed by atoms with Gasteiger partial charge in [0.05, 0.1) is 5.56 Å². The van der Waals surface area contributed by atoms with Gasteiger partial charge in [-0.05, 0) is 31.2 Å². The normalized spacial score (nSPS) is 10.3. The summed E-state index contributed by atoms with van der Waals surface area (Å²) < 4.78 is 5.02. The van der Waals surface area contributed by atoms with Gasteiger partial charge in [0, 0.05) is 23.7 Å². The maximum absolute atomic E-state index is 12.0. The quantitative estimate of drug-likeness (QED) is 0.698. The van der Waals surface area contributed by atoms with E-state index in [1.54, 1.807) is 48.8 Å². The SMILES string of the molecule is Cc1cccc(NC(=O)COC(=O)c2ccc(-c3ncc[nH]3)cc2)n1. The van der Waals surface area contributed by atoms with E-state index in [-0.39, 0.29) is 6.61 Å². The molecule has 126 valence electrons. The Labute approximate surface area is 144 Å². The number of anilines is 1. The monoisotopic (exact) mass is 336 g/mol. The lowest BCUT2D eigenvalue weighted by Crippen LogP contribution is -2.21. The Kier molecular flexibility index (Phi) is 4.84. The van der Waals surface area contributed by atoms with E-state index in [0.717, 1.165) is 11.3 Å². The van der Waals surface area contributed by atoms with Crippen LogP contribution in [0.3, 0.4) is 0 Å². The third kappa shape index (κ3) is 4.29. The molecule has 0 unspecified atom stereocenters. The predicted molar refractivity (Wildman–Crippen MR) is 91.9 cm³/mol. The first-order valence-corrected chi connectivity index (χ1v) is 7.62. The molecule has 3 aromatic rings. The molecule has 3 rings (SSSR count). The van der Waals surface area contributed by atoms with Crippen LogP contribution >= 0.6 is 0 Å². The highest BCUT2D eigenvalue weighted by molar-refractivity contribution is 5.95. The average molecular weight is 336 g/mol. The number of hydrogen-bond acceptors (Lipinski definition) is 5. The van der Waals surface area contributed by atoms with Gasteiger partial charge in [-0.25, -0.2) is 14.8 Å². The number of carbonyl (C=O) groups is 2. The topological polar surface area (TPSA) is 97.0 Å². The van der Waals surface area contributed by atoms with E-state index in [0.29, 0.717) is 17.2 Å². The van der Waals surface area contributed by atoms with Crippen LogP contribution in [-0.4, -0.2) is 33.4 Å². The summed E-state index contributed by atoms with van der Waals surface area (Å²) in [6.07, 6.45) is 3.37. The lowest BCUT2D eigenvalue weighted by molar-refractivity contribution is -0.119. The molecular formula is C18H16N4O3. The van der Waals surface area contributed by atoms with Gasteiger partial charge in [0.25, 0.3) is 5.91 Å². The Morgan fingerprint density at radius 1 is 1.16 bits per heavy atom. The van der Waals surface area contributed by atoms with Crippen LogP contribution in [0.15, 0.2) is 54.9 Å². The standard InChI is InChI=1S/C18H16N4O3/c1-12-3-2-4-15(21-12)22-16(23)11-25-18(24)14-7-5-13(6-8-14)17-19-9-10-20-17/h2-10H,11H2,1H3,(H,19,20)(H,21,22,23). The summed E-state index contributed by atoms with van der Waals surface area (Å²) in [7, 11) is 0. The smallest absolute Gasteiger partial charge is 0.338 e. The molecule has 25 heavy (non-hydrogen) atoms. The number of H-pyrrole nitrogens is 1. The number of esters is 1. The molecule has 0 aliphatic rings. The van der Waals surface area contributed by atoms with Gasteiger partial charge in [0.15, 0.2) is 6.61 Å². The molecule has 0 fully saturated rings. The number of rotatable bonds is 5. The number of benzene rings is 1. The first kappa shape index (κ1) is 16.4. The number of imidazole rings is 1. The highest BCUT2D eigenvalue weighted by atomic mass is 16.5. The molecule has 7 nitrogen and oxygen atoms in total. The molecule has 0 aliphatic heterocycles. The molecule has 0 spiro atoms. The first-order valence-electron chi connectivity index (χ1n) is 7.62. The molecule has 0 radical (unpaired) electrons. The van der Waals surface area contributed by atoms with E-state index >= 15 is 0 Å². The van der Waals surface area contributed by atoms with Crippen LogP contribution in [0.25, 0.3) is 11.4 Å². The minimum Gasteiger partial charge on any atom is -0.452 e. The second-order valence-corrected chi connectivity index (χ2v) is 5.30. The van der Waals surface area contributed by atoms with E-state index in [1.165, 1.54) is 0 Å². The zero-order chi connectivity index (χ0) is 17.6. The van der Waals surface area contributed by atoms with Gasteiger partial charge in [-0.2, -0.15) is 0 Å². The molecule has 0 bridgehead atoms. The van der Waals surface area contributed by atoms with Crippen LogP contribution in [0, 0.1) is 6.92 Å². The maximum atomic E-state index is 12.0. The van der Waals surface area contributed by atoms with Crippen molar-refractivity contribution in [1.29, 1.82) is 0 Å². The third-order valence-corrected chi connectivity index (χ3v) is 3.38. The zero-order valence-corrected chi connectivity index (χ0v) is 13.5. The summed E-state index contributed by atoms with van der Waals surface area (Å²) in [5, 5.41) is 2.58. The molecule has 2 N–H and O–H groups in total. The van der Waals surface area contributed by atoms with Crippen LogP contribution in [0.2, 0.25) is 0 Å².